The molecule has 1 aromatic heterocycles. The molecular formula is C15H13N3O4. The summed E-state index contributed by atoms with van der Waals surface area (Å²) in [6.45, 7) is 0.300. The fourth-order valence-corrected chi connectivity index (χ4v) is 2.26. The van der Waals surface area contributed by atoms with Crippen LogP contribution in [0.2, 0.25) is 0 Å². The van der Waals surface area contributed by atoms with E-state index in [9.17, 15) is 14.4 Å². The Labute approximate surface area is 125 Å². The zero-order valence-electron chi connectivity index (χ0n) is 11.6. The molecule has 1 aliphatic rings. The van der Waals surface area contributed by atoms with Crippen molar-refractivity contribution < 1.29 is 18.8 Å². The Morgan fingerprint density at radius 2 is 1.86 bits per heavy atom. The van der Waals surface area contributed by atoms with Crippen LogP contribution in [0.5, 0.6) is 0 Å². The molecule has 0 radical (unpaired) electrons. The van der Waals surface area contributed by atoms with Gasteiger partial charge in [-0.1, -0.05) is 12.1 Å². The third-order valence-electron chi connectivity index (χ3n) is 3.39. The molecule has 0 saturated heterocycles. The number of nitrogens with zero attached hydrogens (tertiary/aromatic N) is 2. The van der Waals surface area contributed by atoms with E-state index < -0.39 is 0 Å². The van der Waals surface area contributed by atoms with Crippen molar-refractivity contribution in [2.24, 2.45) is 0 Å². The normalized spacial score (nSPS) is 13.4. The molecular weight excluding hydrogens is 286 g/mol. The van der Waals surface area contributed by atoms with E-state index in [1.807, 2.05) is 0 Å². The second-order valence-corrected chi connectivity index (χ2v) is 4.81. The maximum atomic E-state index is 12.1. The molecule has 22 heavy (non-hydrogen) atoms. The third-order valence-corrected chi connectivity index (χ3v) is 3.39. The molecule has 0 fully saturated rings. The minimum atomic E-state index is -0.357. The van der Waals surface area contributed by atoms with Gasteiger partial charge in [0.05, 0.1) is 23.4 Å². The highest BCUT2D eigenvalue weighted by atomic mass is 16.3. The molecule has 0 bridgehead atoms. The molecule has 7 heteroatoms. The van der Waals surface area contributed by atoms with Crippen molar-refractivity contribution in [3.05, 3.63) is 53.7 Å². The van der Waals surface area contributed by atoms with E-state index in [0.717, 1.165) is 4.90 Å². The third kappa shape index (κ3) is 2.60. The first-order valence-electron chi connectivity index (χ1n) is 6.76. The summed E-state index contributed by atoms with van der Waals surface area (Å²) in [5, 5.41) is 2.65. The second kappa shape index (κ2) is 5.80. The monoisotopic (exact) mass is 299 g/mol. The smallest absolute Gasteiger partial charge is 0.261 e. The number of carbonyl (C=O) groups is 3. The van der Waals surface area contributed by atoms with E-state index in [0.29, 0.717) is 16.8 Å². The van der Waals surface area contributed by atoms with Gasteiger partial charge in [-0.25, -0.2) is 4.98 Å². The standard InChI is InChI=1S/C15H13N3O4/c19-13(16-7-10-8-22-9-17-10)5-6-18-14(20)11-3-1-2-4-12(11)15(18)21/h1-4,8-9H,5-7H2,(H,16,19). The number of amides is 3. The van der Waals surface area contributed by atoms with Crippen molar-refractivity contribution in [2.45, 2.75) is 13.0 Å². The highest BCUT2D eigenvalue weighted by Crippen LogP contribution is 2.22. The zero-order valence-corrected chi connectivity index (χ0v) is 11.6. The molecule has 112 valence electrons. The maximum absolute atomic E-state index is 12.1. The molecule has 0 unspecified atom stereocenters. The largest absolute Gasteiger partial charge is 0.451 e. The van der Waals surface area contributed by atoms with Crippen LogP contribution in [-0.4, -0.2) is 34.2 Å². The number of imide groups is 1. The fraction of sp³-hybridized carbons (Fsp3) is 0.200. The van der Waals surface area contributed by atoms with Crippen LogP contribution in [0.1, 0.15) is 32.8 Å². The van der Waals surface area contributed by atoms with Crippen molar-refractivity contribution in [3.8, 4) is 0 Å². The first-order chi connectivity index (χ1) is 10.7. The van der Waals surface area contributed by atoms with Gasteiger partial charge in [0.2, 0.25) is 5.91 Å². The van der Waals surface area contributed by atoms with Crippen LogP contribution in [0, 0.1) is 0 Å². The Balaban J connectivity index is 1.55. The molecule has 7 nitrogen and oxygen atoms in total. The molecule has 1 N–H and O–H groups in total. The summed E-state index contributed by atoms with van der Waals surface area (Å²) in [5.41, 5.74) is 1.38. The molecule has 1 aliphatic heterocycles. The van der Waals surface area contributed by atoms with Crippen LogP contribution in [0.25, 0.3) is 0 Å². The summed E-state index contributed by atoms with van der Waals surface area (Å²) >= 11 is 0. The molecule has 2 heterocycles. The van der Waals surface area contributed by atoms with Gasteiger partial charge in [-0.3, -0.25) is 19.3 Å². The van der Waals surface area contributed by atoms with E-state index >= 15 is 0 Å². The van der Waals surface area contributed by atoms with Gasteiger partial charge in [-0.15, -0.1) is 0 Å². The SMILES string of the molecule is O=C(CCN1C(=O)c2ccccc2C1=O)NCc1cocn1. The van der Waals surface area contributed by atoms with E-state index in [-0.39, 0.29) is 37.2 Å². The van der Waals surface area contributed by atoms with Crippen molar-refractivity contribution in [1.82, 2.24) is 15.2 Å². The fourth-order valence-electron chi connectivity index (χ4n) is 2.26. The van der Waals surface area contributed by atoms with Crippen molar-refractivity contribution in [1.29, 1.82) is 0 Å². The molecule has 0 atom stereocenters. The van der Waals surface area contributed by atoms with Gasteiger partial charge in [0.15, 0.2) is 6.39 Å². The Hall–Kier alpha value is -2.96. The lowest BCUT2D eigenvalue weighted by Crippen LogP contribution is -2.34. The summed E-state index contributed by atoms with van der Waals surface area (Å²) in [4.78, 5) is 41.0. The predicted octanol–water partition coefficient (Wildman–Crippen LogP) is 0.977. The minimum Gasteiger partial charge on any atom is -0.451 e. The van der Waals surface area contributed by atoms with Crippen molar-refractivity contribution in [2.75, 3.05) is 6.54 Å². The predicted molar refractivity (Wildman–Crippen MR) is 74.8 cm³/mol. The molecule has 1 aromatic carbocycles. The lowest BCUT2D eigenvalue weighted by molar-refractivity contribution is -0.121. The van der Waals surface area contributed by atoms with Gasteiger partial charge >= 0.3 is 0 Å². The van der Waals surface area contributed by atoms with Gasteiger partial charge in [0, 0.05) is 13.0 Å². The maximum Gasteiger partial charge on any atom is 0.261 e. The van der Waals surface area contributed by atoms with E-state index in [1.165, 1.54) is 12.7 Å². The Kier molecular flexibility index (Phi) is 3.69. The quantitative estimate of drug-likeness (QED) is 0.831. The summed E-state index contributed by atoms with van der Waals surface area (Å²) in [7, 11) is 0. The molecule has 2 aromatic rings. The van der Waals surface area contributed by atoms with Crippen LogP contribution >= 0.6 is 0 Å². The van der Waals surface area contributed by atoms with Crippen LogP contribution in [0.4, 0.5) is 0 Å². The van der Waals surface area contributed by atoms with Crippen LogP contribution < -0.4 is 5.32 Å². The summed E-state index contributed by atoms with van der Waals surface area (Å²) in [6, 6.07) is 6.64. The molecule has 3 amide bonds. The molecule has 0 spiro atoms. The van der Waals surface area contributed by atoms with E-state index in [2.05, 4.69) is 10.3 Å². The van der Waals surface area contributed by atoms with Crippen LogP contribution in [-0.2, 0) is 11.3 Å². The Morgan fingerprint density at radius 1 is 1.18 bits per heavy atom. The summed E-state index contributed by atoms with van der Waals surface area (Å²) < 4.78 is 4.79. The van der Waals surface area contributed by atoms with E-state index in [1.54, 1.807) is 24.3 Å². The van der Waals surface area contributed by atoms with Crippen molar-refractivity contribution in [3.63, 3.8) is 0 Å². The number of nitrogens with one attached hydrogen (secondary N) is 1. The number of fused-ring (bicyclic) bond motifs is 1. The number of oxazole rings is 1. The average molecular weight is 299 g/mol. The number of hydrogen-bond acceptors (Lipinski definition) is 5. The van der Waals surface area contributed by atoms with E-state index in [4.69, 9.17) is 4.42 Å². The van der Waals surface area contributed by atoms with Gasteiger partial charge in [-0.05, 0) is 12.1 Å². The number of hydrogen-bond donors (Lipinski definition) is 1. The number of rotatable bonds is 5. The summed E-state index contributed by atoms with van der Waals surface area (Å²) in [5.74, 6) is -0.977. The molecule has 3 rings (SSSR count). The van der Waals surface area contributed by atoms with Gasteiger partial charge in [0.1, 0.15) is 6.26 Å². The van der Waals surface area contributed by atoms with Gasteiger partial charge in [0.25, 0.3) is 11.8 Å². The minimum absolute atomic E-state index is 0.0450. The topological polar surface area (TPSA) is 92.5 Å². The van der Waals surface area contributed by atoms with Gasteiger partial charge in [-0.2, -0.15) is 0 Å². The lowest BCUT2D eigenvalue weighted by Gasteiger charge is -2.13. The molecule has 0 saturated carbocycles. The highest BCUT2D eigenvalue weighted by Gasteiger charge is 2.34. The zero-order chi connectivity index (χ0) is 15.5. The number of benzene rings is 1. The van der Waals surface area contributed by atoms with Crippen LogP contribution in [0.3, 0.4) is 0 Å². The number of carbonyl (C=O) groups excluding carboxylic acids is 3. The molecule has 0 aliphatic carbocycles. The second-order valence-electron chi connectivity index (χ2n) is 4.81. The first kappa shape index (κ1) is 14.0. The highest BCUT2D eigenvalue weighted by molar-refractivity contribution is 6.21. The lowest BCUT2D eigenvalue weighted by atomic mass is 10.1. The first-order valence-corrected chi connectivity index (χ1v) is 6.76. The van der Waals surface area contributed by atoms with Crippen molar-refractivity contribution >= 4 is 17.7 Å². The van der Waals surface area contributed by atoms with Gasteiger partial charge < -0.3 is 9.73 Å². The average Bonchev–Trinajstić information content (AvgIpc) is 3.13. The summed E-state index contributed by atoms with van der Waals surface area (Å²) in [6.07, 6.45) is 2.76. The number of aromatic nitrogens is 1. The Morgan fingerprint density at radius 3 is 2.45 bits per heavy atom. The Bertz CT molecular complexity index is 689. The van der Waals surface area contributed by atoms with Crippen LogP contribution in [0.15, 0.2) is 41.3 Å².